The number of rotatable bonds is 8. The SMILES string of the molecule is CCCNC(C)(CCSc1ccccn1)C(=O)OC. The molecule has 1 aromatic rings. The number of pyridine rings is 1. The van der Waals surface area contributed by atoms with Crippen molar-refractivity contribution >= 4 is 17.7 Å². The lowest BCUT2D eigenvalue weighted by Gasteiger charge is -2.27. The molecule has 1 atom stereocenters. The maximum atomic E-state index is 11.9. The van der Waals surface area contributed by atoms with Crippen molar-refractivity contribution in [1.82, 2.24) is 10.3 Å². The first-order chi connectivity index (χ1) is 9.12. The first-order valence-corrected chi connectivity index (χ1v) is 7.48. The molecule has 0 aliphatic heterocycles. The van der Waals surface area contributed by atoms with Crippen LogP contribution in [0.2, 0.25) is 0 Å². The van der Waals surface area contributed by atoms with Crippen LogP contribution in [0.4, 0.5) is 0 Å². The lowest BCUT2D eigenvalue weighted by molar-refractivity contribution is -0.148. The molecule has 0 aliphatic carbocycles. The fraction of sp³-hybridized carbons (Fsp3) is 0.571. The first-order valence-electron chi connectivity index (χ1n) is 6.49. The molecule has 0 saturated carbocycles. The minimum absolute atomic E-state index is 0.206. The Hall–Kier alpha value is -1.07. The summed E-state index contributed by atoms with van der Waals surface area (Å²) in [5.74, 6) is 0.613. The van der Waals surface area contributed by atoms with Crippen molar-refractivity contribution in [2.75, 3.05) is 19.4 Å². The van der Waals surface area contributed by atoms with Crippen molar-refractivity contribution in [2.45, 2.75) is 37.3 Å². The molecule has 1 aromatic heterocycles. The highest BCUT2D eigenvalue weighted by molar-refractivity contribution is 7.99. The van der Waals surface area contributed by atoms with Crippen LogP contribution >= 0.6 is 11.8 Å². The lowest BCUT2D eigenvalue weighted by atomic mass is 9.99. The van der Waals surface area contributed by atoms with E-state index >= 15 is 0 Å². The van der Waals surface area contributed by atoms with Crippen LogP contribution in [0.1, 0.15) is 26.7 Å². The number of methoxy groups -OCH3 is 1. The predicted octanol–water partition coefficient (Wildman–Crippen LogP) is 2.50. The number of hydrogen-bond donors (Lipinski definition) is 1. The van der Waals surface area contributed by atoms with E-state index in [4.69, 9.17) is 4.74 Å². The minimum atomic E-state index is -0.619. The van der Waals surface area contributed by atoms with Gasteiger partial charge in [0.05, 0.1) is 12.1 Å². The number of ether oxygens (including phenoxy) is 1. The molecule has 4 nitrogen and oxygen atoms in total. The van der Waals surface area contributed by atoms with E-state index in [-0.39, 0.29) is 5.97 Å². The second kappa shape index (κ2) is 8.17. The minimum Gasteiger partial charge on any atom is -0.468 e. The third-order valence-corrected chi connectivity index (χ3v) is 3.84. The zero-order valence-electron chi connectivity index (χ0n) is 11.8. The number of thioether (sulfide) groups is 1. The number of aromatic nitrogens is 1. The molecule has 1 heterocycles. The van der Waals surface area contributed by atoms with E-state index in [9.17, 15) is 4.79 Å². The Bertz CT molecular complexity index is 386. The van der Waals surface area contributed by atoms with Gasteiger partial charge in [-0.1, -0.05) is 13.0 Å². The third-order valence-electron chi connectivity index (χ3n) is 2.89. The highest BCUT2D eigenvalue weighted by Gasteiger charge is 2.33. The standard InChI is InChI=1S/C14H22N2O2S/c1-4-9-16-14(2,13(17)18-3)8-11-19-12-7-5-6-10-15-12/h5-7,10,16H,4,8-9,11H2,1-3H3. The Morgan fingerprint density at radius 3 is 2.89 bits per heavy atom. The molecule has 0 spiro atoms. The van der Waals surface area contributed by atoms with Gasteiger partial charge >= 0.3 is 5.97 Å². The molecule has 106 valence electrons. The van der Waals surface area contributed by atoms with Gasteiger partial charge in [-0.15, -0.1) is 11.8 Å². The normalized spacial score (nSPS) is 13.8. The molecule has 0 aromatic carbocycles. The molecule has 1 N–H and O–H groups in total. The Morgan fingerprint density at radius 1 is 1.53 bits per heavy atom. The highest BCUT2D eigenvalue weighted by atomic mass is 32.2. The summed E-state index contributed by atoms with van der Waals surface area (Å²) >= 11 is 1.65. The Labute approximate surface area is 119 Å². The van der Waals surface area contributed by atoms with Gasteiger partial charge in [-0.25, -0.2) is 4.98 Å². The molecule has 1 rings (SSSR count). The summed E-state index contributed by atoms with van der Waals surface area (Å²) in [6, 6.07) is 5.83. The van der Waals surface area contributed by atoms with E-state index in [1.807, 2.05) is 25.1 Å². The Morgan fingerprint density at radius 2 is 2.32 bits per heavy atom. The van der Waals surface area contributed by atoms with Crippen LogP contribution < -0.4 is 5.32 Å². The van der Waals surface area contributed by atoms with Crippen molar-refractivity contribution < 1.29 is 9.53 Å². The smallest absolute Gasteiger partial charge is 0.325 e. The van der Waals surface area contributed by atoms with Crippen molar-refractivity contribution in [3.05, 3.63) is 24.4 Å². The van der Waals surface area contributed by atoms with Gasteiger partial charge in [-0.05, 0) is 38.4 Å². The largest absolute Gasteiger partial charge is 0.468 e. The predicted molar refractivity (Wildman–Crippen MR) is 78.3 cm³/mol. The number of carbonyl (C=O) groups is 1. The van der Waals surface area contributed by atoms with Gasteiger partial charge in [-0.3, -0.25) is 4.79 Å². The van der Waals surface area contributed by atoms with E-state index in [0.29, 0.717) is 6.42 Å². The molecule has 0 bridgehead atoms. The molecule has 0 radical (unpaired) electrons. The molecule has 0 saturated heterocycles. The maximum Gasteiger partial charge on any atom is 0.325 e. The van der Waals surface area contributed by atoms with Crippen LogP contribution in [0.25, 0.3) is 0 Å². The second-order valence-electron chi connectivity index (χ2n) is 4.52. The van der Waals surface area contributed by atoms with Gasteiger partial charge in [0, 0.05) is 11.9 Å². The van der Waals surface area contributed by atoms with Crippen molar-refractivity contribution in [3.8, 4) is 0 Å². The summed E-state index contributed by atoms with van der Waals surface area (Å²) in [5, 5.41) is 4.25. The van der Waals surface area contributed by atoms with Crippen LogP contribution in [-0.4, -0.2) is 35.9 Å². The van der Waals surface area contributed by atoms with Gasteiger partial charge in [0.15, 0.2) is 0 Å². The average Bonchev–Trinajstić information content (AvgIpc) is 2.45. The maximum absolute atomic E-state index is 11.9. The summed E-state index contributed by atoms with van der Waals surface area (Å²) in [7, 11) is 1.43. The van der Waals surface area contributed by atoms with E-state index in [1.54, 1.807) is 18.0 Å². The molecule has 19 heavy (non-hydrogen) atoms. The van der Waals surface area contributed by atoms with Gasteiger partial charge in [0.1, 0.15) is 5.54 Å². The summed E-state index contributed by atoms with van der Waals surface area (Å²) in [5.41, 5.74) is -0.619. The second-order valence-corrected chi connectivity index (χ2v) is 5.63. The van der Waals surface area contributed by atoms with Crippen LogP contribution in [-0.2, 0) is 9.53 Å². The summed E-state index contributed by atoms with van der Waals surface area (Å²) in [6.45, 7) is 4.78. The Balaban J connectivity index is 2.51. The van der Waals surface area contributed by atoms with Gasteiger partial charge in [-0.2, -0.15) is 0 Å². The van der Waals surface area contributed by atoms with Crippen LogP contribution in [0.15, 0.2) is 29.4 Å². The molecule has 1 unspecified atom stereocenters. The number of nitrogens with one attached hydrogen (secondary N) is 1. The van der Waals surface area contributed by atoms with Crippen molar-refractivity contribution in [2.24, 2.45) is 0 Å². The average molecular weight is 282 g/mol. The van der Waals surface area contributed by atoms with E-state index in [2.05, 4.69) is 17.2 Å². The van der Waals surface area contributed by atoms with Crippen molar-refractivity contribution in [3.63, 3.8) is 0 Å². The molecule has 5 heteroatoms. The third kappa shape index (κ3) is 5.20. The quantitative estimate of drug-likeness (QED) is 0.586. The van der Waals surface area contributed by atoms with Gasteiger partial charge in [0.25, 0.3) is 0 Å². The number of esters is 1. The molecule has 0 aliphatic rings. The summed E-state index contributed by atoms with van der Waals surface area (Å²) < 4.78 is 4.89. The topological polar surface area (TPSA) is 51.2 Å². The van der Waals surface area contributed by atoms with Crippen molar-refractivity contribution in [1.29, 1.82) is 0 Å². The van der Waals surface area contributed by atoms with E-state index < -0.39 is 5.54 Å². The van der Waals surface area contributed by atoms with Crippen LogP contribution in [0.3, 0.4) is 0 Å². The summed E-state index contributed by atoms with van der Waals surface area (Å²) in [4.78, 5) is 16.1. The monoisotopic (exact) mass is 282 g/mol. The van der Waals surface area contributed by atoms with Gasteiger partial charge < -0.3 is 10.1 Å². The number of nitrogens with zero attached hydrogens (tertiary/aromatic N) is 1. The lowest BCUT2D eigenvalue weighted by Crippen LogP contribution is -2.50. The molecular formula is C14H22N2O2S. The fourth-order valence-corrected chi connectivity index (χ4v) is 2.71. The fourth-order valence-electron chi connectivity index (χ4n) is 1.68. The van der Waals surface area contributed by atoms with Gasteiger partial charge in [0.2, 0.25) is 0 Å². The number of hydrogen-bond acceptors (Lipinski definition) is 5. The zero-order chi connectivity index (χ0) is 14.1. The van der Waals surface area contributed by atoms with E-state index in [1.165, 1.54) is 7.11 Å². The highest BCUT2D eigenvalue weighted by Crippen LogP contribution is 2.20. The summed E-state index contributed by atoms with van der Waals surface area (Å²) in [6.07, 6.45) is 3.47. The van der Waals surface area contributed by atoms with E-state index in [0.717, 1.165) is 23.7 Å². The molecular weight excluding hydrogens is 260 g/mol. The molecule has 0 amide bonds. The zero-order valence-corrected chi connectivity index (χ0v) is 12.6. The van der Waals surface area contributed by atoms with Crippen LogP contribution in [0.5, 0.6) is 0 Å². The number of carbonyl (C=O) groups excluding carboxylic acids is 1. The van der Waals surface area contributed by atoms with Crippen LogP contribution in [0, 0.1) is 0 Å². The first kappa shape index (κ1) is 16.0. The Kier molecular flexibility index (Phi) is 6.87. The molecule has 0 fully saturated rings.